The Bertz CT molecular complexity index is 1050. The van der Waals surface area contributed by atoms with Gasteiger partial charge in [0.05, 0.1) is 6.33 Å². The van der Waals surface area contributed by atoms with Crippen LogP contribution in [0.1, 0.15) is 42.7 Å². The molecular weight excluding hydrogens is 372 g/mol. The second-order valence-corrected chi connectivity index (χ2v) is 9.77. The molecule has 1 heterocycles. The van der Waals surface area contributed by atoms with Crippen molar-refractivity contribution in [2.45, 2.75) is 43.7 Å². The monoisotopic (exact) mass is 400 g/mol. The second-order valence-electron chi connectivity index (χ2n) is 8.57. The topological polar surface area (TPSA) is 17.8 Å². The lowest BCUT2D eigenvalue weighted by Crippen LogP contribution is -2.10. The van der Waals surface area contributed by atoms with E-state index in [9.17, 15) is 0 Å². The Balaban J connectivity index is 1.59. The summed E-state index contributed by atoms with van der Waals surface area (Å²) in [5.74, 6) is 0.993. The van der Waals surface area contributed by atoms with E-state index in [4.69, 9.17) is 0 Å². The van der Waals surface area contributed by atoms with Crippen LogP contribution in [-0.4, -0.2) is 9.55 Å². The minimum Gasteiger partial charge on any atom is -0.336 e. The SMILES string of the molecule is CC(C)(C)c1ccc(CSC(Cn2ccnc2)c2cccc3ccccc23)cc1. The maximum absolute atomic E-state index is 4.24. The second kappa shape index (κ2) is 8.46. The molecule has 0 fully saturated rings. The number of imidazole rings is 1. The van der Waals surface area contributed by atoms with Gasteiger partial charge in [-0.1, -0.05) is 87.5 Å². The van der Waals surface area contributed by atoms with Gasteiger partial charge < -0.3 is 4.57 Å². The summed E-state index contributed by atoms with van der Waals surface area (Å²) in [5, 5.41) is 3.00. The fraction of sp³-hybridized carbons (Fsp3) is 0.269. The van der Waals surface area contributed by atoms with Crippen molar-refractivity contribution in [3.63, 3.8) is 0 Å². The first-order chi connectivity index (χ1) is 14.0. The van der Waals surface area contributed by atoms with Crippen molar-refractivity contribution >= 4 is 22.5 Å². The van der Waals surface area contributed by atoms with E-state index in [1.807, 2.05) is 24.3 Å². The van der Waals surface area contributed by atoms with Gasteiger partial charge in [0.1, 0.15) is 0 Å². The van der Waals surface area contributed by atoms with Gasteiger partial charge in [0.2, 0.25) is 0 Å². The van der Waals surface area contributed by atoms with Crippen LogP contribution in [0.25, 0.3) is 10.8 Å². The summed E-state index contributed by atoms with van der Waals surface area (Å²) in [6, 6.07) is 24.5. The predicted octanol–water partition coefficient (Wildman–Crippen LogP) is 7.01. The van der Waals surface area contributed by atoms with Gasteiger partial charge in [0, 0.05) is 29.9 Å². The summed E-state index contributed by atoms with van der Waals surface area (Å²) < 4.78 is 2.18. The molecule has 3 aromatic carbocycles. The summed E-state index contributed by atoms with van der Waals surface area (Å²) in [7, 11) is 0. The molecule has 1 unspecified atom stereocenters. The zero-order valence-electron chi connectivity index (χ0n) is 17.4. The van der Waals surface area contributed by atoms with E-state index < -0.39 is 0 Å². The average Bonchev–Trinajstić information content (AvgIpc) is 3.23. The highest BCUT2D eigenvalue weighted by Gasteiger charge is 2.17. The molecule has 0 amide bonds. The summed E-state index contributed by atoms with van der Waals surface area (Å²) in [5.41, 5.74) is 4.35. The normalized spacial score (nSPS) is 12.9. The Morgan fingerprint density at radius 2 is 1.69 bits per heavy atom. The number of aromatic nitrogens is 2. The molecule has 0 spiro atoms. The Hall–Kier alpha value is -2.52. The van der Waals surface area contributed by atoms with E-state index in [0.29, 0.717) is 5.25 Å². The van der Waals surface area contributed by atoms with Gasteiger partial charge in [0.25, 0.3) is 0 Å². The van der Waals surface area contributed by atoms with Crippen molar-refractivity contribution in [1.29, 1.82) is 0 Å². The van der Waals surface area contributed by atoms with Crippen LogP contribution in [0.4, 0.5) is 0 Å². The fourth-order valence-corrected chi connectivity index (χ4v) is 4.90. The number of fused-ring (bicyclic) bond motifs is 1. The first kappa shape index (κ1) is 19.8. The van der Waals surface area contributed by atoms with Crippen LogP contribution in [0.3, 0.4) is 0 Å². The number of thioether (sulfide) groups is 1. The summed E-state index contributed by atoms with van der Waals surface area (Å²) >= 11 is 2.01. The smallest absolute Gasteiger partial charge is 0.0946 e. The molecule has 1 aromatic heterocycles. The van der Waals surface area contributed by atoms with E-state index in [2.05, 4.69) is 103 Å². The van der Waals surface area contributed by atoms with E-state index in [-0.39, 0.29) is 5.41 Å². The zero-order chi connectivity index (χ0) is 20.3. The summed E-state index contributed by atoms with van der Waals surface area (Å²) in [6.07, 6.45) is 5.82. The van der Waals surface area contributed by atoms with Gasteiger partial charge in [-0.15, -0.1) is 11.8 Å². The average molecular weight is 401 g/mol. The van der Waals surface area contributed by atoms with Gasteiger partial charge >= 0.3 is 0 Å². The zero-order valence-corrected chi connectivity index (χ0v) is 18.2. The van der Waals surface area contributed by atoms with E-state index in [0.717, 1.165) is 12.3 Å². The quantitative estimate of drug-likeness (QED) is 0.346. The van der Waals surface area contributed by atoms with Crippen molar-refractivity contribution in [3.05, 3.63) is 102 Å². The molecule has 0 saturated heterocycles. The van der Waals surface area contributed by atoms with Crippen LogP contribution in [0.5, 0.6) is 0 Å². The van der Waals surface area contributed by atoms with E-state index in [1.54, 1.807) is 0 Å². The lowest BCUT2D eigenvalue weighted by atomic mass is 9.87. The van der Waals surface area contributed by atoms with Gasteiger partial charge in [-0.25, -0.2) is 4.98 Å². The maximum Gasteiger partial charge on any atom is 0.0946 e. The molecule has 0 saturated carbocycles. The molecule has 29 heavy (non-hydrogen) atoms. The number of nitrogens with zero attached hydrogens (tertiary/aromatic N) is 2. The van der Waals surface area contributed by atoms with Gasteiger partial charge in [0.15, 0.2) is 0 Å². The first-order valence-electron chi connectivity index (χ1n) is 10.1. The molecule has 0 aliphatic heterocycles. The van der Waals surface area contributed by atoms with Crippen LogP contribution in [0.15, 0.2) is 85.5 Å². The highest BCUT2D eigenvalue weighted by atomic mass is 32.2. The van der Waals surface area contributed by atoms with Crippen molar-refractivity contribution in [2.75, 3.05) is 0 Å². The Labute approximate surface area is 178 Å². The lowest BCUT2D eigenvalue weighted by Gasteiger charge is -2.21. The Morgan fingerprint density at radius 1 is 0.931 bits per heavy atom. The van der Waals surface area contributed by atoms with E-state index in [1.165, 1.54) is 27.5 Å². The van der Waals surface area contributed by atoms with Crippen LogP contribution < -0.4 is 0 Å². The highest BCUT2D eigenvalue weighted by Crippen LogP contribution is 2.37. The molecule has 0 bridgehead atoms. The van der Waals surface area contributed by atoms with Gasteiger partial charge in [-0.05, 0) is 32.9 Å². The fourth-order valence-electron chi connectivity index (χ4n) is 3.66. The predicted molar refractivity (Wildman–Crippen MR) is 125 cm³/mol. The third kappa shape index (κ3) is 4.73. The van der Waals surface area contributed by atoms with Crippen LogP contribution in [0, 0.1) is 0 Å². The number of hydrogen-bond donors (Lipinski definition) is 0. The first-order valence-corrected chi connectivity index (χ1v) is 11.2. The van der Waals surface area contributed by atoms with Gasteiger partial charge in [-0.3, -0.25) is 0 Å². The standard InChI is InChI=1S/C26H28N2S/c1-26(2,3)22-13-11-20(12-14-22)18-29-25(17-28-16-15-27-19-28)24-10-6-8-21-7-4-5-9-23(21)24/h4-16,19,25H,17-18H2,1-3H3. The van der Waals surface area contributed by atoms with Crippen LogP contribution >= 0.6 is 11.8 Å². The minimum absolute atomic E-state index is 0.193. The molecule has 0 aliphatic rings. The molecule has 0 aliphatic carbocycles. The van der Waals surface area contributed by atoms with Crippen molar-refractivity contribution < 1.29 is 0 Å². The van der Waals surface area contributed by atoms with Crippen LogP contribution in [0.2, 0.25) is 0 Å². The van der Waals surface area contributed by atoms with E-state index >= 15 is 0 Å². The van der Waals surface area contributed by atoms with Crippen molar-refractivity contribution in [2.24, 2.45) is 0 Å². The molecule has 3 heteroatoms. The lowest BCUT2D eigenvalue weighted by molar-refractivity contribution is 0.590. The summed E-state index contributed by atoms with van der Waals surface area (Å²) in [4.78, 5) is 4.24. The molecule has 0 N–H and O–H groups in total. The molecular formula is C26H28N2S. The van der Waals surface area contributed by atoms with Gasteiger partial charge in [-0.2, -0.15) is 0 Å². The molecule has 2 nitrogen and oxygen atoms in total. The van der Waals surface area contributed by atoms with Crippen LogP contribution in [-0.2, 0) is 17.7 Å². The van der Waals surface area contributed by atoms with Crippen molar-refractivity contribution in [3.8, 4) is 0 Å². The largest absolute Gasteiger partial charge is 0.336 e. The third-order valence-electron chi connectivity index (χ3n) is 5.38. The van der Waals surface area contributed by atoms with Crippen molar-refractivity contribution in [1.82, 2.24) is 9.55 Å². The molecule has 4 rings (SSSR count). The highest BCUT2D eigenvalue weighted by molar-refractivity contribution is 7.98. The number of benzene rings is 3. The Morgan fingerprint density at radius 3 is 2.41 bits per heavy atom. The maximum atomic E-state index is 4.24. The minimum atomic E-state index is 0.193. The Kier molecular flexibility index (Phi) is 5.77. The molecule has 148 valence electrons. The molecule has 0 radical (unpaired) electrons. The number of hydrogen-bond acceptors (Lipinski definition) is 2. The number of rotatable bonds is 6. The molecule has 4 aromatic rings. The molecule has 1 atom stereocenters. The third-order valence-corrected chi connectivity index (χ3v) is 6.68. The summed E-state index contributed by atoms with van der Waals surface area (Å²) in [6.45, 7) is 7.70.